The summed E-state index contributed by atoms with van der Waals surface area (Å²) in [6.45, 7) is -0.685. The fourth-order valence-corrected chi connectivity index (χ4v) is 5.50. The lowest BCUT2D eigenvalue weighted by Gasteiger charge is -2.14. The molecule has 0 fully saturated rings. The molecule has 176 valence electrons. The third-order valence-corrected chi connectivity index (χ3v) is 7.08. The summed E-state index contributed by atoms with van der Waals surface area (Å²) in [7, 11) is -1.48. The van der Waals surface area contributed by atoms with E-state index < -0.39 is 22.8 Å². The predicted octanol–water partition coefficient (Wildman–Crippen LogP) is 4.59. The number of rotatable bonds is 7. The van der Waals surface area contributed by atoms with Crippen LogP contribution in [-0.4, -0.2) is 40.6 Å². The highest BCUT2D eigenvalue weighted by Crippen LogP contribution is 2.46. The number of ether oxygens (including phenoxy) is 3. The van der Waals surface area contributed by atoms with Crippen molar-refractivity contribution < 1.29 is 31.5 Å². The topological polar surface area (TPSA) is 99.9 Å². The molecule has 4 aromatic rings. The molecule has 2 heterocycles. The van der Waals surface area contributed by atoms with Gasteiger partial charge in [-0.2, -0.15) is 0 Å². The van der Waals surface area contributed by atoms with Crippen molar-refractivity contribution in [2.45, 2.75) is 17.4 Å². The molecule has 1 atom stereocenters. The number of halogens is 1. The van der Waals surface area contributed by atoms with Crippen molar-refractivity contribution in [3.8, 4) is 28.4 Å². The number of methoxy groups -OCH3 is 2. The lowest BCUT2D eigenvalue weighted by atomic mass is 9.95. The number of anilines is 1. The highest BCUT2D eigenvalue weighted by Gasteiger charge is 2.33. The number of alkyl halides is 1. The SMILES string of the molecule is COc1cccc(OC)c1S(=O)(=O)Nc1noc2cc(-c3ccccc3)c3c(c12)OC(CF)C3. The summed E-state index contributed by atoms with van der Waals surface area (Å²) in [6.07, 6.45) is -0.347. The fourth-order valence-electron chi connectivity index (χ4n) is 4.17. The van der Waals surface area contributed by atoms with Crippen molar-refractivity contribution in [1.29, 1.82) is 0 Å². The summed E-state index contributed by atoms with van der Waals surface area (Å²) in [4.78, 5) is -0.184. The summed E-state index contributed by atoms with van der Waals surface area (Å²) >= 11 is 0. The van der Waals surface area contributed by atoms with Gasteiger partial charge in [0.1, 0.15) is 35.4 Å². The predicted molar refractivity (Wildman–Crippen MR) is 124 cm³/mol. The van der Waals surface area contributed by atoms with Crippen LogP contribution < -0.4 is 18.9 Å². The second kappa shape index (κ2) is 8.53. The van der Waals surface area contributed by atoms with E-state index in [1.165, 1.54) is 26.4 Å². The Balaban J connectivity index is 1.66. The second-order valence-electron chi connectivity index (χ2n) is 7.70. The van der Waals surface area contributed by atoms with Gasteiger partial charge in [-0.3, -0.25) is 4.72 Å². The first kappa shape index (κ1) is 22.0. The van der Waals surface area contributed by atoms with Crippen molar-refractivity contribution in [2.24, 2.45) is 0 Å². The average molecular weight is 485 g/mol. The van der Waals surface area contributed by atoms with E-state index in [9.17, 15) is 12.8 Å². The lowest BCUT2D eigenvalue weighted by Crippen LogP contribution is -2.16. The minimum absolute atomic E-state index is 0.0710. The molecule has 0 spiro atoms. The molecule has 1 aliphatic rings. The largest absolute Gasteiger partial charge is 0.495 e. The molecule has 8 nitrogen and oxygen atoms in total. The van der Waals surface area contributed by atoms with Gasteiger partial charge < -0.3 is 18.7 Å². The molecule has 0 saturated heterocycles. The first-order chi connectivity index (χ1) is 16.5. The van der Waals surface area contributed by atoms with E-state index in [4.69, 9.17) is 18.7 Å². The Labute approximate surface area is 195 Å². The molecule has 5 rings (SSSR count). The molecule has 0 bridgehead atoms. The van der Waals surface area contributed by atoms with Crippen LogP contribution in [0, 0.1) is 0 Å². The summed E-state index contributed by atoms with van der Waals surface area (Å²) < 4.78 is 64.6. The van der Waals surface area contributed by atoms with Crippen LogP contribution in [0.15, 0.2) is 64.0 Å². The molecular weight excluding hydrogens is 463 g/mol. The zero-order valence-corrected chi connectivity index (χ0v) is 19.2. The van der Waals surface area contributed by atoms with Crippen molar-refractivity contribution in [3.05, 3.63) is 60.2 Å². The fraction of sp³-hybridized carbons (Fsp3) is 0.208. The zero-order valence-electron chi connectivity index (χ0n) is 18.4. The standard InChI is InChI=1S/C24H21FN2O6S/c1-30-18-9-6-10-19(31-2)23(18)34(28,29)27-24-21-20(33-26-24)12-16(14-7-4-3-5-8-14)17-11-15(13-25)32-22(17)21/h3-10,12,15H,11,13H2,1-2H3,(H,26,27). The normalized spacial score (nSPS) is 15.1. The Morgan fingerprint density at radius 1 is 1.09 bits per heavy atom. The third kappa shape index (κ3) is 3.60. The Morgan fingerprint density at radius 3 is 2.44 bits per heavy atom. The van der Waals surface area contributed by atoms with Crippen LogP contribution in [0.1, 0.15) is 5.56 Å². The van der Waals surface area contributed by atoms with Gasteiger partial charge in [0.2, 0.25) is 0 Å². The number of fused-ring (bicyclic) bond motifs is 3. The van der Waals surface area contributed by atoms with E-state index in [-0.39, 0.29) is 22.2 Å². The maximum atomic E-state index is 13.6. The molecule has 1 N–H and O–H groups in total. The van der Waals surface area contributed by atoms with Crippen molar-refractivity contribution in [1.82, 2.24) is 5.16 Å². The number of hydrogen-bond donors (Lipinski definition) is 1. The van der Waals surface area contributed by atoms with Crippen molar-refractivity contribution in [2.75, 3.05) is 25.6 Å². The van der Waals surface area contributed by atoms with Gasteiger partial charge in [0.25, 0.3) is 10.0 Å². The Morgan fingerprint density at radius 2 is 1.79 bits per heavy atom. The van der Waals surface area contributed by atoms with Gasteiger partial charge in [-0.1, -0.05) is 41.6 Å². The molecule has 1 aliphatic heterocycles. The van der Waals surface area contributed by atoms with Gasteiger partial charge in [0.15, 0.2) is 16.3 Å². The monoisotopic (exact) mass is 484 g/mol. The number of hydrogen-bond acceptors (Lipinski definition) is 7. The number of nitrogens with zero attached hydrogens (tertiary/aromatic N) is 1. The Bertz CT molecular complexity index is 1450. The van der Waals surface area contributed by atoms with Crippen LogP contribution in [0.4, 0.5) is 10.2 Å². The van der Waals surface area contributed by atoms with E-state index in [2.05, 4.69) is 9.88 Å². The van der Waals surface area contributed by atoms with Crippen LogP contribution >= 0.6 is 0 Å². The van der Waals surface area contributed by atoms with Gasteiger partial charge in [-0.25, -0.2) is 12.8 Å². The van der Waals surface area contributed by atoms with Gasteiger partial charge >= 0.3 is 0 Å². The number of nitrogens with one attached hydrogen (secondary N) is 1. The molecule has 0 amide bonds. The maximum Gasteiger partial charge on any atom is 0.270 e. The second-order valence-corrected chi connectivity index (χ2v) is 9.32. The maximum absolute atomic E-state index is 13.6. The van der Waals surface area contributed by atoms with Crippen LogP contribution in [0.5, 0.6) is 17.2 Å². The molecule has 0 radical (unpaired) electrons. The molecule has 0 aliphatic carbocycles. The van der Waals surface area contributed by atoms with Gasteiger partial charge in [-0.05, 0) is 29.3 Å². The zero-order chi connectivity index (χ0) is 23.9. The van der Waals surface area contributed by atoms with Crippen molar-refractivity contribution >= 4 is 26.8 Å². The number of benzene rings is 3. The number of sulfonamides is 1. The smallest absolute Gasteiger partial charge is 0.270 e. The first-order valence-electron chi connectivity index (χ1n) is 10.4. The highest BCUT2D eigenvalue weighted by molar-refractivity contribution is 7.93. The average Bonchev–Trinajstić information content (AvgIpc) is 3.47. The van der Waals surface area contributed by atoms with Crippen molar-refractivity contribution in [3.63, 3.8) is 0 Å². The number of aromatic nitrogens is 1. The van der Waals surface area contributed by atoms with E-state index in [1.807, 2.05) is 30.3 Å². The summed E-state index contributed by atoms with van der Waals surface area (Å²) in [5.74, 6) is 0.484. The summed E-state index contributed by atoms with van der Waals surface area (Å²) in [5, 5.41) is 4.28. The molecule has 34 heavy (non-hydrogen) atoms. The van der Waals surface area contributed by atoms with E-state index in [1.54, 1.807) is 12.1 Å². The molecule has 1 aromatic heterocycles. The first-order valence-corrected chi connectivity index (χ1v) is 11.9. The van der Waals surface area contributed by atoms with Gasteiger partial charge in [-0.15, -0.1) is 0 Å². The Hall–Kier alpha value is -3.79. The van der Waals surface area contributed by atoms with E-state index in [0.29, 0.717) is 23.1 Å². The molecule has 0 saturated carbocycles. The van der Waals surface area contributed by atoms with Crippen LogP contribution in [0.3, 0.4) is 0 Å². The van der Waals surface area contributed by atoms with Crippen LogP contribution in [0.2, 0.25) is 0 Å². The van der Waals surface area contributed by atoms with E-state index in [0.717, 1.165) is 16.7 Å². The minimum atomic E-state index is -4.21. The van der Waals surface area contributed by atoms with E-state index >= 15 is 0 Å². The van der Waals surface area contributed by atoms with Gasteiger partial charge in [0, 0.05) is 12.0 Å². The van der Waals surface area contributed by atoms with Crippen LogP contribution in [0.25, 0.3) is 22.1 Å². The molecule has 3 aromatic carbocycles. The highest BCUT2D eigenvalue weighted by atomic mass is 32.2. The third-order valence-electron chi connectivity index (χ3n) is 5.68. The summed E-state index contributed by atoms with van der Waals surface area (Å²) in [5.41, 5.74) is 2.79. The van der Waals surface area contributed by atoms with Gasteiger partial charge in [0.05, 0.1) is 14.2 Å². The molecule has 1 unspecified atom stereocenters. The molecule has 10 heteroatoms. The Kier molecular flexibility index (Phi) is 5.52. The lowest BCUT2D eigenvalue weighted by molar-refractivity contribution is 0.192. The summed E-state index contributed by atoms with van der Waals surface area (Å²) in [6, 6.07) is 16.0. The quantitative estimate of drug-likeness (QED) is 0.410. The van der Waals surface area contributed by atoms with Crippen LogP contribution in [-0.2, 0) is 16.4 Å². The molecular formula is C24H21FN2O6S. The minimum Gasteiger partial charge on any atom is -0.495 e.